The molecule has 2 N–H and O–H groups in total. The van der Waals surface area contributed by atoms with Crippen LogP contribution in [0.4, 0.5) is 0 Å². The number of hydrogen-bond donors (Lipinski definition) is 2. The molecule has 4 aromatic heterocycles. The number of H-pyrrole nitrogens is 2. The van der Waals surface area contributed by atoms with Crippen LogP contribution >= 0.6 is 11.8 Å². The normalized spacial score (nSPS) is 19.5. The van der Waals surface area contributed by atoms with E-state index in [4.69, 9.17) is 34.1 Å². The van der Waals surface area contributed by atoms with Crippen molar-refractivity contribution in [1.29, 1.82) is 0 Å². The fourth-order valence-electron chi connectivity index (χ4n) is 4.25. The minimum Gasteiger partial charge on any atom is -0.493 e. The van der Waals surface area contributed by atoms with Crippen molar-refractivity contribution in [3.05, 3.63) is 95.6 Å². The van der Waals surface area contributed by atoms with Gasteiger partial charge in [-0.05, 0) is 50.2 Å². The van der Waals surface area contributed by atoms with Crippen molar-refractivity contribution in [2.24, 2.45) is 0 Å². The van der Waals surface area contributed by atoms with Crippen LogP contribution in [-0.2, 0) is 31.8 Å². The minimum absolute atomic E-state index is 0.0660. The maximum Gasteiger partial charge on any atom is 0.197 e. The second-order valence-corrected chi connectivity index (χ2v) is 12.1. The van der Waals surface area contributed by atoms with E-state index in [1.165, 1.54) is 43.2 Å². The van der Waals surface area contributed by atoms with Crippen molar-refractivity contribution < 1.29 is 47.8 Å². The third-order valence-corrected chi connectivity index (χ3v) is 8.75. The lowest BCUT2D eigenvalue weighted by Crippen LogP contribution is -2.06. The lowest BCUT2D eigenvalue weighted by Gasteiger charge is -2.11. The molecule has 6 rings (SSSR count). The molecule has 1 atom stereocenters. The highest BCUT2D eigenvalue weighted by Crippen LogP contribution is 2.27. The number of aromatic amines is 2. The van der Waals surface area contributed by atoms with Crippen molar-refractivity contribution in [2.75, 3.05) is 40.3 Å². The molecule has 0 spiro atoms. The van der Waals surface area contributed by atoms with Crippen molar-refractivity contribution in [3.63, 3.8) is 0 Å². The van der Waals surface area contributed by atoms with Gasteiger partial charge in [-0.25, -0.2) is 9.97 Å². The third kappa shape index (κ3) is 10.1. The zero-order valence-corrected chi connectivity index (χ0v) is 27.6. The molecule has 0 aliphatic carbocycles. The largest absolute Gasteiger partial charge is 0.493 e. The van der Waals surface area contributed by atoms with Gasteiger partial charge >= 0.3 is 0 Å². The number of ether oxygens (including phenoxy) is 4. The first-order chi connectivity index (χ1) is 30.7. The Hall–Kier alpha value is -4.30. The highest BCUT2D eigenvalue weighted by atomic mass is 32.2. The van der Waals surface area contributed by atoms with Crippen LogP contribution in [0, 0.1) is 13.8 Å². The Morgan fingerprint density at radius 2 is 1.33 bits per heavy atom. The smallest absolute Gasteiger partial charge is 0.197 e. The van der Waals surface area contributed by atoms with E-state index >= 15 is 0 Å². The molecule has 2 aromatic carbocycles. The summed E-state index contributed by atoms with van der Waals surface area (Å²) in [6, 6.07) is 17.2. The molecule has 13 heteroatoms. The molecule has 6 aromatic rings. The number of para-hydroxylation sites is 4. The van der Waals surface area contributed by atoms with E-state index in [1.807, 2.05) is 24.3 Å². The number of aromatic nitrogens is 6. The number of imidazole rings is 2. The van der Waals surface area contributed by atoms with E-state index in [9.17, 15) is 4.21 Å². The monoisotopic (exact) mass is 720 g/mol. The molecule has 0 saturated heterocycles. The van der Waals surface area contributed by atoms with Crippen LogP contribution in [0.1, 0.15) is 59.9 Å². The molecular formula is C36H42N6O5S2. The van der Waals surface area contributed by atoms with Gasteiger partial charge < -0.3 is 28.9 Å². The van der Waals surface area contributed by atoms with E-state index in [2.05, 4.69) is 39.4 Å². The summed E-state index contributed by atoms with van der Waals surface area (Å²) in [6.45, 7) is -10.6. The number of fused-ring (bicyclic) bond motifs is 2. The Morgan fingerprint density at radius 1 is 0.755 bits per heavy atom. The highest BCUT2D eigenvalue weighted by Gasteiger charge is 2.15. The van der Waals surface area contributed by atoms with Crippen LogP contribution in [0.2, 0.25) is 0 Å². The molecule has 4 heterocycles. The van der Waals surface area contributed by atoms with Crippen LogP contribution in [0.3, 0.4) is 0 Å². The van der Waals surface area contributed by atoms with Gasteiger partial charge in [-0.1, -0.05) is 36.0 Å². The quantitative estimate of drug-likeness (QED) is 0.101. The topological polar surface area (TPSA) is 137 Å². The molecule has 11 nitrogen and oxygen atoms in total. The SMILES string of the molecule is [2H]C([2H])([2H])OC([2H])([2H])C([2H])([2H])C([2H])([2H])Oc1ccnc(CS(=O)c2nc3ccccc3[nH]2)c1C.[2H]C([2H])([2H])OC([2H])([2H])C([2H])([2H])C([2H])([2H])Oc1ccnc(CSc2nc3ccccc3[nH]2)c1C. The summed E-state index contributed by atoms with van der Waals surface area (Å²) in [4.78, 5) is 23.3. The molecule has 0 amide bonds. The number of methoxy groups -OCH3 is 2. The van der Waals surface area contributed by atoms with Crippen molar-refractivity contribution in [1.82, 2.24) is 29.9 Å². The second kappa shape index (κ2) is 18.5. The van der Waals surface area contributed by atoms with Crippen LogP contribution in [0.25, 0.3) is 22.1 Å². The predicted molar refractivity (Wildman–Crippen MR) is 194 cm³/mol. The van der Waals surface area contributed by atoms with Gasteiger partial charge in [-0.3, -0.25) is 14.2 Å². The Kier molecular flexibility index (Phi) is 7.23. The van der Waals surface area contributed by atoms with Crippen LogP contribution in [-0.4, -0.2) is 74.4 Å². The van der Waals surface area contributed by atoms with E-state index < -0.39 is 63.9 Å². The van der Waals surface area contributed by atoms with E-state index in [0.717, 1.165) is 11.0 Å². The fraction of sp³-hybridized carbons (Fsp3) is 0.333. The molecule has 49 heavy (non-hydrogen) atoms. The van der Waals surface area contributed by atoms with Gasteiger partial charge in [0, 0.05) is 74.7 Å². The zero-order valence-electron chi connectivity index (χ0n) is 44.0. The van der Waals surface area contributed by atoms with Crippen molar-refractivity contribution in [2.45, 2.75) is 48.4 Å². The number of benzene rings is 2. The van der Waals surface area contributed by atoms with E-state index in [0.29, 0.717) is 33.2 Å². The Balaban J connectivity index is 0.000000251. The summed E-state index contributed by atoms with van der Waals surface area (Å²) in [7, 11) is -8.24. The number of nitrogens with zero attached hydrogens (tertiary/aromatic N) is 4. The fourth-order valence-corrected chi connectivity index (χ4v) is 6.26. The molecular weight excluding hydrogens is 661 g/mol. The lowest BCUT2D eigenvalue weighted by molar-refractivity contribution is 0.171. The van der Waals surface area contributed by atoms with E-state index in [-0.39, 0.29) is 33.7 Å². The number of nitrogens with one attached hydrogen (secondary N) is 2. The maximum absolute atomic E-state index is 12.8. The zero-order chi connectivity index (χ0) is 50.2. The summed E-state index contributed by atoms with van der Waals surface area (Å²) >= 11 is 1.36. The molecule has 1 unspecified atom stereocenters. The number of thioether (sulfide) groups is 1. The Bertz CT molecular complexity index is 2650. The Morgan fingerprint density at radius 3 is 1.94 bits per heavy atom. The van der Waals surface area contributed by atoms with Crippen LogP contribution < -0.4 is 9.47 Å². The molecule has 0 aliphatic heterocycles. The molecule has 0 bridgehead atoms. The van der Waals surface area contributed by atoms with Gasteiger partial charge in [0.2, 0.25) is 0 Å². The van der Waals surface area contributed by atoms with Gasteiger partial charge in [-0.15, -0.1) is 0 Å². The van der Waals surface area contributed by atoms with Crippen LogP contribution in [0.15, 0.2) is 83.4 Å². The highest BCUT2D eigenvalue weighted by molar-refractivity contribution is 7.98. The number of pyridine rings is 2. The lowest BCUT2D eigenvalue weighted by atomic mass is 10.2. The van der Waals surface area contributed by atoms with Crippen molar-refractivity contribution >= 4 is 44.6 Å². The molecule has 0 fully saturated rings. The molecule has 0 aliphatic rings. The second-order valence-electron chi connectivity index (χ2n) is 9.72. The minimum atomic E-state index is -3.56. The summed E-state index contributed by atoms with van der Waals surface area (Å²) < 4.78 is 168. The average molecular weight is 721 g/mol. The first kappa shape index (κ1) is 19.2. The predicted octanol–water partition coefficient (Wildman–Crippen LogP) is 6.96. The number of hydrogen-bond acceptors (Lipinski definition) is 10. The standard InChI is InChI=1S/C18H21N3O3S.C18H21N3O2S/c1-13-16(19-9-8-17(13)24-11-5-10-23-2)12-25(22)18-20-14-6-3-4-7-15(14)21-18;1-13-16(19-9-8-17(13)23-11-5-10-22-2)12-24-18-20-14-6-3-4-7-15(14)21-18/h3-4,6-9H,5,10-12H2,1-2H3,(H,20,21);3-4,6-9H,5,10-12H2,1-2H3,(H,20,21)/i2*2D3,5D2,10D2,11D2. The summed E-state index contributed by atoms with van der Waals surface area (Å²) in [5, 5.41) is 0.876. The summed E-state index contributed by atoms with van der Waals surface area (Å²) in [5.74, 6) is -0.0161. The average Bonchev–Trinajstić information content (AvgIpc) is 3.82. The van der Waals surface area contributed by atoms with Gasteiger partial charge in [0.05, 0.1) is 82.3 Å². The van der Waals surface area contributed by atoms with E-state index in [1.54, 1.807) is 31.2 Å². The summed E-state index contributed by atoms with van der Waals surface area (Å²) in [5.41, 5.74) is 4.47. The van der Waals surface area contributed by atoms with Crippen LogP contribution in [0.5, 0.6) is 11.5 Å². The maximum atomic E-state index is 12.8. The first-order valence-electron chi connectivity index (χ1n) is 23.2. The van der Waals surface area contributed by atoms with Crippen molar-refractivity contribution in [3.8, 4) is 11.5 Å². The Labute approximate surface area is 318 Å². The first-order valence-corrected chi connectivity index (χ1v) is 16.6. The van der Waals surface area contributed by atoms with Gasteiger partial charge in [-0.2, -0.15) is 0 Å². The molecule has 0 radical (unpaired) electrons. The number of rotatable bonds is 16. The van der Waals surface area contributed by atoms with Gasteiger partial charge in [0.15, 0.2) is 10.3 Å². The third-order valence-electron chi connectivity index (χ3n) is 6.71. The summed E-state index contributed by atoms with van der Waals surface area (Å²) in [6.07, 6.45) is -4.42. The van der Waals surface area contributed by atoms with Gasteiger partial charge in [0.25, 0.3) is 0 Å². The van der Waals surface area contributed by atoms with Gasteiger partial charge in [0.1, 0.15) is 11.5 Å². The molecule has 0 saturated carbocycles. The molecule has 258 valence electrons.